The van der Waals surface area contributed by atoms with Gasteiger partial charge in [-0.3, -0.25) is 0 Å². The summed E-state index contributed by atoms with van der Waals surface area (Å²) in [5.41, 5.74) is 8.18. The third-order valence-corrected chi connectivity index (χ3v) is 3.53. The van der Waals surface area contributed by atoms with E-state index in [1.807, 2.05) is 18.2 Å². The predicted molar refractivity (Wildman–Crippen MR) is 74.8 cm³/mol. The summed E-state index contributed by atoms with van der Waals surface area (Å²) in [6.45, 7) is 7.54. The van der Waals surface area contributed by atoms with Crippen LogP contribution in [0.5, 0.6) is 5.75 Å². The fraction of sp³-hybridized carbons (Fsp3) is 0.500. The van der Waals surface area contributed by atoms with Crippen molar-refractivity contribution < 1.29 is 4.74 Å². The van der Waals surface area contributed by atoms with E-state index in [1.165, 1.54) is 0 Å². The number of anilines is 1. The summed E-state index contributed by atoms with van der Waals surface area (Å²) in [5, 5.41) is 0. The number of nitrogen functional groups attached to an aromatic ring is 1. The van der Waals surface area contributed by atoms with Gasteiger partial charge in [-0.1, -0.05) is 20.8 Å². The van der Waals surface area contributed by atoms with Gasteiger partial charge in [0, 0.05) is 12.6 Å². The van der Waals surface area contributed by atoms with Gasteiger partial charge in [0.1, 0.15) is 5.75 Å². The van der Waals surface area contributed by atoms with Crippen LogP contribution in [0.2, 0.25) is 0 Å². The molecule has 2 aromatic rings. The summed E-state index contributed by atoms with van der Waals surface area (Å²) in [6, 6.07) is 5.88. The molecule has 4 nitrogen and oxygen atoms in total. The molecule has 2 N–H and O–H groups in total. The minimum atomic E-state index is 0.210. The minimum absolute atomic E-state index is 0.210. The van der Waals surface area contributed by atoms with Crippen LogP contribution in [-0.2, 0) is 6.54 Å². The Hall–Kier alpha value is -1.71. The Kier molecular flexibility index (Phi) is 3.20. The first kappa shape index (κ1) is 12.7. The van der Waals surface area contributed by atoms with Crippen molar-refractivity contribution in [2.75, 3.05) is 12.8 Å². The van der Waals surface area contributed by atoms with E-state index in [0.29, 0.717) is 5.95 Å². The van der Waals surface area contributed by atoms with Crippen molar-refractivity contribution >= 4 is 17.0 Å². The van der Waals surface area contributed by atoms with Gasteiger partial charge < -0.3 is 15.0 Å². The first-order chi connectivity index (χ1) is 8.46. The van der Waals surface area contributed by atoms with Crippen molar-refractivity contribution in [2.45, 2.75) is 33.7 Å². The predicted octanol–water partition coefficient (Wildman–Crippen LogP) is 3.06. The fourth-order valence-electron chi connectivity index (χ4n) is 1.96. The molecule has 0 aliphatic carbocycles. The van der Waals surface area contributed by atoms with E-state index in [0.717, 1.165) is 29.7 Å². The molecule has 0 radical (unpaired) electrons. The highest BCUT2D eigenvalue weighted by atomic mass is 16.5. The summed E-state index contributed by atoms with van der Waals surface area (Å²) in [7, 11) is 1.65. The molecular formula is C14H21N3O. The Morgan fingerprint density at radius 3 is 2.72 bits per heavy atom. The van der Waals surface area contributed by atoms with E-state index in [4.69, 9.17) is 10.5 Å². The number of fused-ring (bicyclic) bond motifs is 1. The zero-order valence-corrected chi connectivity index (χ0v) is 11.5. The van der Waals surface area contributed by atoms with Crippen LogP contribution >= 0.6 is 0 Å². The lowest BCUT2D eigenvalue weighted by Crippen LogP contribution is -2.19. The van der Waals surface area contributed by atoms with Gasteiger partial charge in [-0.25, -0.2) is 4.98 Å². The van der Waals surface area contributed by atoms with Crippen molar-refractivity contribution in [1.29, 1.82) is 0 Å². The average molecular weight is 247 g/mol. The van der Waals surface area contributed by atoms with Crippen LogP contribution in [-0.4, -0.2) is 16.7 Å². The number of benzene rings is 1. The number of ether oxygens (including phenoxy) is 1. The monoisotopic (exact) mass is 247 g/mol. The van der Waals surface area contributed by atoms with Crippen molar-refractivity contribution in [3.63, 3.8) is 0 Å². The normalized spacial score (nSPS) is 12.0. The van der Waals surface area contributed by atoms with Crippen LogP contribution in [0, 0.1) is 5.41 Å². The molecule has 18 heavy (non-hydrogen) atoms. The second kappa shape index (κ2) is 4.52. The Morgan fingerprint density at radius 2 is 2.11 bits per heavy atom. The van der Waals surface area contributed by atoms with Crippen molar-refractivity contribution in [3.05, 3.63) is 18.2 Å². The average Bonchev–Trinajstić information content (AvgIpc) is 2.64. The van der Waals surface area contributed by atoms with Crippen molar-refractivity contribution in [3.8, 4) is 5.75 Å². The Bertz CT molecular complexity index is 557. The van der Waals surface area contributed by atoms with Gasteiger partial charge >= 0.3 is 0 Å². The summed E-state index contributed by atoms with van der Waals surface area (Å²) in [6.07, 6.45) is 1.10. The molecule has 0 bridgehead atoms. The summed E-state index contributed by atoms with van der Waals surface area (Å²) in [4.78, 5) is 4.40. The lowest BCUT2D eigenvalue weighted by Gasteiger charge is -2.24. The van der Waals surface area contributed by atoms with E-state index >= 15 is 0 Å². The molecule has 2 rings (SSSR count). The van der Waals surface area contributed by atoms with E-state index < -0.39 is 0 Å². The first-order valence-electron chi connectivity index (χ1n) is 6.26. The highest BCUT2D eigenvalue weighted by Gasteiger charge is 2.19. The van der Waals surface area contributed by atoms with E-state index in [1.54, 1.807) is 7.11 Å². The molecule has 98 valence electrons. The Labute approximate surface area is 108 Å². The molecule has 0 amide bonds. The number of imidazole rings is 1. The number of aromatic nitrogens is 2. The molecule has 0 aliphatic heterocycles. The molecule has 0 saturated heterocycles. The molecule has 4 heteroatoms. The zero-order valence-electron chi connectivity index (χ0n) is 11.5. The Morgan fingerprint density at radius 1 is 1.39 bits per heavy atom. The maximum absolute atomic E-state index is 6.02. The van der Waals surface area contributed by atoms with Gasteiger partial charge in [0.2, 0.25) is 5.95 Å². The summed E-state index contributed by atoms with van der Waals surface area (Å²) in [5.74, 6) is 1.38. The van der Waals surface area contributed by atoms with Crippen LogP contribution in [0.4, 0.5) is 5.95 Å². The number of nitrogens with zero attached hydrogens (tertiary/aromatic N) is 2. The van der Waals surface area contributed by atoms with Gasteiger partial charge in [0.15, 0.2) is 0 Å². The molecule has 1 aromatic carbocycles. The molecule has 0 atom stereocenters. The van der Waals surface area contributed by atoms with Gasteiger partial charge in [0.05, 0.1) is 18.1 Å². The fourth-order valence-corrected chi connectivity index (χ4v) is 1.96. The second-order valence-corrected chi connectivity index (χ2v) is 5.43. The third-order valence-electron chi connectivity index (χ3n) is 3.53. The maximum Gasteiger partial charge on any atom is 0.201 e. The number of hydrogen-bond donors (Lipinski definition) is 1. The van der Waals surface area contributed by atoms with Gasteiger partial charge in [0.25, 0.3) is 0 Å². The van der Waals surface area contributed by atoms with Crippen LogP contribution in [0.25, 0.3) is 11.0 Å². The Balaban J connectivity index is 2.48. The minimum Gasteiger partial charge on any atom is -0.497 e. The van der Waals surface area contributed by atoms with Crippen molar-refractivity contribution in [2.24, 2.45) is 5.41 Å². The van der Waals surface area contributed by atoms with E-state index in [2.05, 4.69) is 30.3 Å². The largest absolute Gasteiger partial charge is 0.497 e. The molecule has 0 unspecified atom stereocenters. The van der Waals surface area contributed by atoms with Crippen LogP contribution in [0.15, 0.2) is 18.2 Å². The number of rotatable bonds is 4. The van der Waals surface area contributed by atoms with Crippen LogP contribution in [0.3, 0.4) is 0 Å². The van der Waals surface area contributed by atoms with Gasteiger partial charge in [-0.15, -0.1) is 0 Å². The molecular weight excluding hydrogens is 226 g/mol. The number of nitrogens with two attached hydrogens (primary N) is 1. The molecule has 0 saturated carbocycles. The SMILES string of the molecule is CCC(C)(C)Cn1c(N)nc2cc(OC)ccc21. The summed E-state index contributed by atoms with van der Waals surface area (Å²) < 4.78 is 7.29. The zero-order chi connectivity index (χ0) is 13.3. The van der Waals surface area contributed by atoms with E-state index in [9.17, 15) is 0 Å². The highest BCUT2D eigenvalue weighted by molar-refractivity contribution is 5.79. The van der Waals surface area contributed by atoms with Crippen LogP contribution in [0.1, 0.15) is 27.2 Å². The maximum atomic E-state index is 6.02. The standard InChI is InChI=1S/C14H21N3O/c1-5-14(2,3)9-17-12-7-6-10(18-4)8-11(12)16-13(17)15/h6-8H,5,9H2,1-4H3,(H2,15,16). The lowest BCUT2D eigenvalue weighted by atomic mass is 9.90. The highest BCUT2D eigenvalue weighted by Crippen LogP contribution is 2.28. The number of hydrogen-bond acceptors (Lipinski definition) is 3. The molecule has 0 spiro atoms. The van der Waals surface area contributed by atoms with Crippen molar-refractivity contribution in [1.82, 2.24) is 9.55 Å². The van der Waals surface area contributed by atoms with Crippen LogP contribution < -0.4 is 10.5 Å². The van der Waals surface area contributed by atoms with E-state index in [-0.39, 0.29) is 5.41 Å². The smallest absolute Gasteiger partial charge is 0.201 e. The topological polar surface area (TPSA) is 53.1 Å². The first-order valence-corrected chi connectivity index (χ1v) is 6.26. The van der Waals surface area contributed by atoms with Gasteiger partial charge in [-0.05, 0) is 24.0 Å². The van der Waals surface area contributed by atoms with Gasteiger partial charge in [-0.2, -0.15) is 0 Å². The molecule has 0 fully saturated rings. The summed E-state index contributed by atoms with van der Waals surface area (Å²) >= 11 is 0. The molecule has 1 heterocycles. The lowest BCUT2D eigenvalue weighted by molar-refractivity contribution is 0.300. The third kappa shape index (κ3) is 2.28. The quantitative estimate of drug-likeness (QED) is 0.903. The molecule has 0 aliphatic rings. The number of methoxy groups -OCH3 is 1. The molecule has 1 aromatic heterocycles. The second-order valence-electron chi connectivity index (χ2n) is 5.43.